The summed E-state index contributed by atoms with van der Waals surface area (Å²) in [6.07, 6.45) is 3.63. The molecule has 0 radical (unpaired) electrons. The van der Waals surface area contributed by atoms with Crippen LogP contribution >= 0.6 is 0 Å². The number of likely N-dealkylation sites (tertiary alicyclic amines) is 1. The Morgan fingerprint density at radius 2 is 1.83 bits per heavy atom. The number of piperidine rings is 1. The van der Waals surface area contributed by atoms with Crippen molar-refractivity contribution in [2.24, 2.45) is 0 Å². The van der Waals surface area contributed by atoms with Crippen LogP contribution in [0, 0.1) is 5.41 Å². The van der Waals surface area contributed by atoms with Crippen molar-refractivity contribution in [1.82, 2.24) is 14.9 Å². The number of aromatic nitrogens is 2. The number of nitrogens with one attached hydrogen (secondary N) is 2. The van der Waals surface area contributed by atoms with Crippen LogP contribution in [-0.2, 0) is 0 Å². The number of hydrogen-bond donors (Lipinski definition) is 3. The number of likely N-dealkylation sites (N-methyl/N-ethyl adjacent to an activating group) is 1. The van der Waals surface area contributed by atoms with Gasteiger partial charge in [-0.3, -0.25) is 5.41 Å². The Morgan fingerprint density at radius 3 is 2.57 bits per heavy atom. The highest BCUT2D eigenvalue weighted by molar-refractivity contribution is 6.16. The Kier molecular flexibility index (Phi) is 5.90. The molecule has 0 aliphatic carbocycles. The van der Waals surface area contributed by atoms with E-state index in [1.165, 1.54) is 6.33 Å². The molecule has 4 rings (SSSR count). The number of rotatable bonds is 6. The van der Waals surface area contributed by atoms with Gasteiger partial charge < -0.3 is 20.7 Å². The second-order valence-electron chi connectivity index (χ2n) is 7.54. The van der Waals surface area contributed by atoms with E-state index in [0.29, 0.717) is 22.9 Å². The second-order valence-corrected chi connectivity index (χ2v) is 7.54. The lowest BCUT2D eigenvalue weighted by molar-refractivity contribution is 0.260. The molecule has 0 saturated carbocycles. The van der Waals surface area contributed by atoms with Crippen molar-refractivity contribution < 1.29 is 4.74 Å². The molecule has 30 heavy (non-hydrogen) atoms. The van der Waals surface area contributed by atoms with Gasteiger partial charge in [-0.1, -0.05) is 18.2 Å². The largest absolute Gasteiger partial charge is 0.457 e. The molecule has 7 heteroatoms. The Balaban J connectivity index is 1.54. The minimum absolute atomic E-state index is 0.270. The number of ether oxygens (including phenoxy) is 1. The van der Waals surface area contributed by atoms with E-state index in [9.17, 15) is 0 Å². The zero-order valence-corrected chi connectivity index (χ0v) is 17.0. The fourth-order valence-corrected chi connectivity index (χ4v) is 3.69. The van der Waals surface area contributed by atoms with E-state index in [2.05, 4.69) is 27.2 Å². The van der Waals surface area contributed by atoms with Gasteiger partial charge in [0.05, 0.1) is 11.3 Å². The summed E-state index contributed by atoms with van der Waals surface area (Å²) in [5, 5.41) is 12.2. The van der Waals surface area contributed by atoms with Crippen LogP contribution < -0.4 is 15.8 Å². The number of benzene rings is 2. The third-order valence-electron chi connectivity index (χ3n) is 5.21. The van der Waals surface area contributed by atoms with Crippen molar-refractivity contribution in [3.05, 3.63) is 72.1 Å². The average molecular weight is 403 g/mol. The minimum Gasteiger partial charge on any atom is -0.457 e. The van der Waals surface area contributed by atoms with Gasteiger partial charge in [-0.15, -0.1) is 0 Å². The van der Waals surface area contributed by atoms with Gasteiger partial charge >= 0.3 is 0 Å². The van der Waals surface area contributed by atoms with Crippen molar-refractivity contribution in [3.8, 4) is 11.5 Å². The van der Waals surface area contributed by atoms with Crippen LogP contribution in [0.4, 0.5) is 11.6 Å². The molecular weight excluding hydrogens is 376 g/mol. The molecule has 0 bridgehead atoms. The SMILES string of the molecule is CN1CCCC(Nc2ncnc(N)c2C(=N)c2ccc(Oc3ccccc3)cc2)C1. The summed E-state index contributed by atoms with van der Waals surface area (Å²) in [5.74, 6) is 2.38. The number of para-hydroxylation sites is 1. The molecule has 7 nitrogen and oxygen atoms in total. The molecule has 0 amide bonds. The third kappa shape index (κ3) is 4.58. The fourth-order valence-electron chi connectivity index (χ4n) is 3.69. The second kappa shape index (κ2) is 8.92. The van der Waals surface area contributed by atoms with E-state index < -0.39 is 0 Å². The molecule has 2 heterocycles. The first kappa shape index (κ1) is 19.8. The van der Waals surface area contributed by atoms with E-state index in [1.807, 2.05) is 54.6 Å². The molecule has 2 aromatic carbocycles. The van der Waals surface area contributed by atoms with Gasteiger partial charge in [0.15, 0.2) is 0 Å². The molecule has 1 atom stereocenters. The normalized spacial score (nSPS) is 16.8. The summed E-state index contributed by atoms with van der Waals surface area (Å²) in [5.41, 5.74) is 7.69. The molecule has 1 aliphatic heterocycles. The van der Waals surface area contributed by atoms with Gasteiger partial charge in [0.2, 0.25) is 0 Å². The first-order valence-electron chi connectivity index (χ1n) is 10.1. The summed E-state index contributed by atoms with van der Waals surface area (Å²) < 4.78 is 5.84. The zero-order chi connectivity index (χ0) is 20.9. The van der Waals surface area contributed by atoms with E-state index in [1.54, 1.807) is 0 Å². The number of nitrogens with zero attached hydrogens (tertiary/aromatic N) is 3. The Morgan fingerprint density at radius 1 is 1.10 bits per heavy atom. The van der Waals surface area contributed by atoms with Gasteiger partial charge in [0.1, 0.15) is 29.5 Å². The first-order valence-corrected chi connectivity index (χ1v) is 10.1. The van der Waals surface area contributed by atoms with E-state index in [4.69, 9.17) is 15.9 Å². The van der Waals surface area contributed by atoms with E-state index in [0.717, 1.165) is 37.2 Å². The molecule has 1 saturated heterocycles. The van der Waals surface area contributed by atoms with Crippen LogP contribution in [0.5, 0.6) is 11.5 Å². The van der Waals surface area contributed by atoms with Crippen molar-refractivity contribution in [1.29, 1.82) is 5.41 Å². The summed E-state index contributed by atoms with van der Waals surface area (Å²) in [6.45, 7) is 2.03. The van der Waals surface area contributed by atoms with Gasteiger partial charge in [0.25, 0.3) is 0 Å². The summed E-state index contributed by atoms with van der Waals surface area (Å²) in [6, 6.07) is 17.3. The lowest BCUT2D eigenvalue weighted by atomic mass is 10.0. The van der Waals surface area contributed by atoms with Gasteiger partial charge in [-0.05, 0) is 62.8 Å². The highest BCUT2D eigenvalue weighted by Crippen LogP contribution is 2.26. The summed E-state index contributed by atoms with van der Waals surface area (Å²) in [7, 11) is 2.12. The highest BCUT2D eigenvalue weighted by Gasteiger charge is 2.22. The van der Waals surface area contributed by atoms with Crippen LogP contribution in [0.25, 0.3) is 0 Å². The van der Waals surface area contributed by atoms with Gasteiger partial charge in [-0.25, -0.2) is 9.97 Å². The van der Waals surface area contributed by atoms with Gasteiger partial charge in [0, 0.05) is 18.2 Å². The first-order chi connectivity index (χ1) is 14.6. The van der Waals surface area contributed by atoms with Crippen LogP contribution in [0.3, 0.4) is 0 Å². The van der Waals surface area contributed by atoms with Crippen molar-refractivity contribution in [3.63, 3.8) is 0 Å². The third-order valence-corrected chi connectivity index (χ3v) is 5.21. The lowest BCUT2D eigenvalue weighted by Crippen LogP contribution is -2.40. The smallest absolute Gasteiger partial charge is 0.141 e. The monoisotopic (exact) mass is 402 g/mol. The standard InChI is InChI=1S/C23H26N6O/c1-29-13-5-6-17(14-29)28-23-20(22(25)26-15-27-23)21(24)16-9-11-19(12-10-16)30-18-7-3-2-4-8-18/h2-4,7-12,15,17,24H,5-6,13-14H2,1H3,(H3,25,26,27,28). The molecule has 154 valence electrons. The number of anilines is 2. The Bertz CT molecular complexity index is 1010. The Labute approximate surface area is 176 Å². The van der Waals surface area contributed by atoms with Crippen molar-refractivity contribution in [2.45, 2.75) is 18.9 Å². The maximum Gasteiger partial charge on any atom is 0.141 e. The Hall–Kier alpha value is -3.45. The van der Waals surface area contributed by atoms with Crippen LogP contribution in [0.2, 0.25) is 0 Å². The van der Waals surface area contributed by atoms with Crippen LogP contribution in [0.15, 0.2) is 60.9 Å². The number of nitrogens with two attached hydrogens (primary N) is 1. The molecular formula is C23H26N6O. The predicted molar refractivity (Wildman–Crippen MR) is 119 cm³/mol. The fraction of sp³-hybridized carbons (Fsp3) is 0.261. The summed E-state index contributed by atoms with van der Waals surface area (Å²) >= 11 is 0. The molecule has 1 fully saturated rings. The molecule has 3 aromatic rings. The van der Waals surface area contributed by atoms with Crippen molar-refractivity contribution in [2.75, 3.05) is 31.2 Å². The lowest BCUT2D eigenvalue weighted by Gasteiger charge is -2.31. The maximum absolute atomic E-state index is 8.75. The molecule has 1 unspecified atom stereocenters. The number of hydrogen-bond acceptors (Lipinski definition) is 7. The van der Waals surface area contributed by atoms with E-state index in [-0.39, 0.29) is 11.8 Å². The number of nitrogen functional groups attached to an aromatic ring is 1. The van der Waals surface area contributed by atoms with Gasteiger partial charge in [-0.2, -0.15) is 0 Å². The van der Waals surface area contributed by atoms with Crippen molar-refractivity contribution >= 4 is 17.3 Å². The molecule has 1 aliphatic rings. The predicted octanol–water partition coefficient (Wildman–Crippen LogP) is 3.77. The molecule has 1 aromatic heterocycles. The van der Waals surface area contributed by atoms with Crippen LogP contribution in [-0.4, -0.2) is 46.8 Å². The minimum atomic E-state index is 0.270. The highest BCUT2D eigenvalue weighted by atomic mass is 16.5. The van der Waals surface area contributed by atoms with Crippen LogP contribution in [0.1, 0.15) is 24.0 Å². The average Bonchev–Trinajstić information content (AvgIpc) is 2.75. The maximum atomic E-state index is 8.75. The summed E-state index contributed by atoms with van der Waals surface area (Å²) in [4.78, 5) is 10.8. The topological polar surface area (TPSA) is 100 Å². The zero-order valence-electron chi connectivity index (χ0n) is 17.0. The van der Waals surface area contributed by atoms with E-state index >= 15 is 0 Å². The molecule has 0 spiro atoms. The molecule has 4 N–H and O–H groups in total. The quantitative estimate of drug-likeness (QED) is 0.543.